The van der Waals surface area contributed by atoms with Crippen LogP contribution in [0.15, 0.2) is 54.6 Å². The van der Waals surface area contributed by atoms with Crippen LogP contribution in [0, 0.1) is 17.2 Å². The summed E-state index contributed by atoms with van der Waals surface area (Å²) in [6, 6.07) is 20.4. The standard InChI is InChI=1S/C19H20N2O/c20-10-15-5-4-6-16(9-15)13-22-14-18-11-21-12-19(18)17-7-2-1-3-8-17/h1-9,18-19,21H,11-14H2. The molecule has 1 saturated heterocycles. The summed E-state index contributed by atoms with van der Waals surface area (Å²) in [5.74, 6) is 1.02. The van der Waals surface area contributed by atoms with Crippen LogP contribution in [-0.2, 0) is 11.3 Å². The van der Waals surface area contributed by atoms with Gasteiger partial charge in [0.2, 0.25) is 0 Å². The van der Waals surface area contributed by atoms with E-state index in [1.165, 1.54) is 5.56 Å². The summed E-state index contributed by atoms with van der Waals surface area (Å²) in [6.45, 7) is 3.32. The third-order valence-electron chi connectivity index (χ3n) is 4.22. The molecule has 2 aromatic carbocycles. The van der Waals surface area contributed by atoms with Crippen LogP contribution < -0.4 is 5.32 Å². The van der Waals surface area contributed by atoms with Gasteiger partial charge in [-0.25, -0.2) is 0 Å². The summed E-state index contributed by atoms with van der Waals surface area (Å²) in [7, 11) is 0. The fraction of sp³-hybridized carbons (Fsp3) is 0.316. The van der Waals surface area contributed by atoms with Crippen LogP contribution in [0.3, 0.4) is 0 Å². The SMILES string of the molecule is N#Cc1cccc(COCC2CNCC2c2ccccc2)c1. The quantitative estimate of drug-likeness (QED) is 0.921. The molecule has 0 saturated carbocycles. The molecule has 0 bridgehead atoms. The van der Waals surface area contributed by atoms with Crippen molar-refractivity contribution in [2.45, 2.75) is 12.5 Å². The topological polar surface area (TPSA) is 45.0 Å². The molecule has 1 aliphatic rings. The first-order valence-corrected chi connectivity index (χ1v) is 7.69. The Balaban J connectivity index is 1.56. The average molecular weight is 292 g/mol. The van der Waals surface area contributed by atoms with E-state index in [9.17, 15) is 0 Å². The average Bonchev–Trinajstić information content (AvgIpc) is 3.04. The molecular formula is C19H20N2O. The Kier molecular flexibility index (Phi) is 4.85. The molecule has 1 heterocycles. The van der Waals surface area contributed by atoms with Crippen molar-refractivity contribution in [3.05, 3.63) is 71.3 Å². The highest BCUT2D eigenvalue weighted by Crippen LogP contribution is 2.28. The monoisotopic (exact) mass is 292 g/mol. The van der Waals surface area contributed by atoms with Crippen molar-refractivity contribution < 1.29 is 4.74 Å². The van der Waals surface area contributed by atoms with Gasteiger partial charge in [-0.2, -0.15) is 5.26 Å². The van der Waals surface area contributed by atoms with Gasteiger partial charge < -0.3 is 10.1 Å². The highest BCUT2D eigenvalue weighted by atomic mass is 16.5. The molecule has 3 nitrogen and oxygen atoms in total. The fourth-order valence-corrected chi connectivity index (χ4v) is 3.06. The van der Waals surface area contributed by atoms with Crippen LogP contribution in [0.25, 0.3) is 0 Å². The van der Waals surface area contributed by atoms with E-state index in [1.54, 1.807) is 0 Å². The maximum atomic E-state index is 8.92. The second-order valence-electron chi connectivity index (χ2n) is 5.76. The van der Waals surface area contributed by atoms with E-state index >= 15 is 0 Å². The molecular weight excluding hydrogens is 272 g/mol. The van der Waals surface area contributed by atoms with Crippen molar-refractivity contribution >= 4 is 0 Å². The minimum Gasteiger partial charge on any atom is -0.376 e. The molecule has 2 atom stereocenters. The maximum absolute atomic E-state index is 8.92. The van der Waals surface area contributed by atoms with Gasteiger partial charge in [0.1, 0.15) is 0 Å². The summed E-state index contributed by atoms with van der Waals surface area (Å²) >= 11 is 0. The zero-order valence-electron chi connectivity index (χ0n) is 12.5. The minimum absolute atomic E-state index is 0.501. The summed E-state index contributed by atoms with van der Waals surface area (Å²) < 4.78 is 5.91. The van der Waals surface area contributed by atoms with Crippen LogP contribution in [0.5, 0.6) is 0 Å². The van der Waals surface area contributed by atoms with Crippen LogP contribution in [0.4, 0.5) is 0 Å². The van der Waals surface area contributed by atoms with E-state index in [4.69, 9.17) is 10.00 Å². The Bertz CT molecular complexity index is 648. The molecule has 2 unspecified atom stereocenters. The smallest absolute Gasteiger partial charge is 0.0991 e. The first-order valence-electron chi connectivity index (χ1n) is 7.69. The number of rotatable bonds is 5. The molecule has 1 aliphatic heterocycles. The fourth-order valence-electron chi connectivity index (χ4n) is 3.06. The molecule has 0 aliphatic carbocycles. The van der Waals surface area contributed by atoms with Gasteiger partial charge in [-0.05, 0) is 23.3 Å². The Morgan fingerprint density at radius 2 is 1.95 bits per heavy atom. The van der Waals surface area contributed by atoms with Crippen LogP contribution in [0.1, 0.15) is 22.6 Å². The summed E-state index contributed by atoms with van der Waals surface area (Å²) in [5.41, 5.74) is 3.12. The van der Waals surface area contributed by atoms with Gasteiger partial charge in [-0.15, -0.1) is 0 Å². The van der Waals surface area contributed by atoms with Gasteiger partial charge in [0.25, 0.3) is 0 Å². The highest BCUT2D eigenvalue weighted by Gasteiger charge is 2.28. The van der Waals surface area contributed by atoms with Crippen LogP contribution >= 0.6 is 0 Å². The number of benzene rings is 2. The molecule has 0 radical (unpaired) electrons. The second kappa shape index (κ2) is 7.22. The van der Waals surface area contributed by atoms with E-state index in [1.807, 2.05) is 24.3 Å². The predicted molar refractivity (Wildman–Crippen MR) is 86.4 cm³/mol. The first-order chi connectivity index (χ1) is 10.9. The molecule has 3 rings (SSSR count). The molecule has 0 aromatic heterocycles. The number of ether oxygens (including phenoxy) is 1. The lowest BCUT2D eigenvalue weighted by Crippen LogP contribution is -2.17. The van der Waals surface area contributed by atoms with Crippen molar-refractivity contribution in [2.75, 3.05) is 19.7 Å². The molecule has 1 fully saturated rings. The van der Waals surface area contributed by atoms with Gasteiger partial charge in [-0.1, -0.05) is 42.5 Å². The van der Waals surface area contributed by atoms with E-state index in [0.717, 1.165) is 25.3 Å². The first kappa shape index (κ1) is 14.8. The van der Waals surface area contributed by atoms with Gasteiger partial charge in [-0.3, -0.25) is 0 Å². The summed E-state index contributed by atoms with van der Waals surface area (Å²) in [5, 5.41) is 12.4. The predicted octanol–water partition coefficient (Wildman–Crippen LogP) is 3.08. The lowest BCUT2D eigenvalue weighted by Gasteiger charge is -2.19. The van der Waals surface area contributed by atoms with Gasteiger partial charge >= 0.3 is 0 Å². The molecule has 0 spiro atoms. The zero-order chi connectivity index (χ0) is 15.2. The van der Waals surface area contributed by atoms with Crippen LogP contribution in [0.2, 0.25) is 0 Å². The van der Waals surface area contributed by atoms with E-state index < -0.39 is 0 Å². The largest absolute Gasteiger partial charge is 0.376 e. The van der Waals surface area contributed by atoms with Gasteiger partial charge in [0.15, 0.2) is 0 Å². The van der Waals surface area contributed by atoms with E-state index in [2.05, 4.69) is 41.7 Å². The Hall–Kier alpha value is -2.15. The third kappa shape index (κ3) is 3.54. The van der Waals surface area contributed by atoms with E-state index in [0.29, 0.717) is 24.0 Å². The lowest BCUT2D eigenvalue weighted by atomic mass is 9.89. The van der Waals surface area contributed by atoms with Crippen molar-refractivity contribution in [1.82, 2.24) is 5.32 Å². The molecule has 22 heavy (non-hydrogen) atoms. The number of hydrogen-bond donors (Lipinski definition) is 1. The maximum Gasteiger partial charge on any atom is 0.0991 e. The lowest BCUT2D eigenvalue weighted by molar-refractivity contribution is 0.0877. The minimum atomic E-state index is 0.501. The number of hydrogen-bond acceptors (Lipinski definition) is 3. The Labute approximate surface area is 131 Å². The molecule has 2 aromatic rings. The second-order valence-corrected chi connectivity index (χ2v) is 5.76. The number of nitriles is 1. The van der Waals surface area contributed by atoms with Crippen LogP contribution in [-0.4, -0.2) is 19.7 Å². The van der Waals surface area contributed by atoms with Crippen molar-refractivity contribution in [3.63, 3.8) is 0 Å². The van der Waals surface area contributed by atoms with E-state index in [-0.39, 0.29) is 0 Å². The molecule has 112 valence electrons. The summed E-state index contributed by atoms with van der Waals surface area (Å²) in [6.07, 6.45) is 0. The Morgan fingerprint density at radius 1 is 1.09 bits per heavy atom. The number of nitrogens with zero attached hydrogens (tertiary/aromatic N) is 1. The molecule has 1 N–H and O–H groups in total. The van der Waals surface area contributed by atoms with Gasteiger partial charge in [0, 0.05) is 24.9 Å². The summed E-state index contributed by atoms with van der Waals surface area (Å²) in [4.78, 5) is 0. The van der Waals surface area contributed by atoms with Gasteiger partial charge in [0.05, 0.1) is 24.8 Å². The molecule has 0 amide bonds. The van der Waals surface area contributed by atoms with Crippen molar-refractivity contribution in [2.24, 2.45) is 5.92 Å². The van der Waals surface area contributed by atoms with Crippen molar-refractivity contribution in [3.8, 4) is 6.07 Å². The highest BCUT2D eigenvalue weighted by molar-refractivity contribution is 5.32. The number of nitrogens with one attached hydrogen (secondary N) is 1. The molecule has 3 heteroatoms. The Morgan fingerprint density at radius 3 is 2.77 bits per heavy atom. The third-order valence-corrected chi connectivity index (χ3v) is 4.22. The van der Waals surface area contributed by atoms with Crippen molar-refractivity contribution in [1.29, 1.82) is 5.26 Å². The normalized spacial score (nSPS) is 20.7. The zero-order valence-corrected chi connectivity index (χ0v) is 12.5.